The maximum atomic E-state index is 12.6. The van der Waals surface area contributed by atoms with Crippen molar-refractivity contribution >= 4 is 33.3 Å². The molecular formula is C12H15ClN2O4S. The van der Waals surface area contributed by atoms with Crippen LogP contribution in [0, 0.1) is 0 Å². The molecule has 6 nitrogen and oxygen atoms in total. The molecule has 0 aromatic heterocycles. The second kappa shape index (κ2) is 5.59. The van der Waals surface area contributed by atoms with E-state index in [-0.39, 0.29) is 16.5 Å². The first-order chi connectivity index (χ1) is 9.37. The van der Waals surface area contributed by atoms with E-state index < -0.39 is 22.0 Å². The summed E-state index contributed by atoms with van der Waals surface area (Å²) in [6, 6.07) is 3.43. The van der Waals surface area contributed by atoms with Crippen molar-refractivity contribution in [1.29, 1.82) is 0 Å². The number of halogens is 1. The molecule has 8 heteroatoms. The van der Waals surface area contributed by atoms with E-state index >= 15 is 0 Å². The summed E-state index contributed by atoms with van der Waals surface area (Å²) in [7, 11) is -2.64. The Labute approximate surface area is 122 Å². The van der Waals surface area contributed by atoms with Crippen molar-refractivity contribution in [3.63, 3.8) is 0 Å². The van der Waals surface area contributed by atoms with Crippen LogP contribution < -0.4 is 5.73 Å². The lowest BCUT2D eigenvalue weighted by atomic mass is 10.2. The number of carbonyl (C=O) groups excluding carboxylic acids is 1. The minimum atomic E-state index is -3.88. The molecule has 1 aliphatic rings. The van der Waals surface area contributed by atoms with Gasteiger partial charge in [0, 0.05) is 12.2 Å². The summed E-state index contributed by atoms with van der Waals surface area (Å²) < 4.78 is 31.0. The molecule has 1 fully saturated rings. The first kappa shape index (κ1) is 15.1. The van der Waals surface area contributed by atoms with Gasteiger partial charge >= 0.3 is 5.97 Å². The number of rotatable bonds is 3. The number of nitrogens with two attached hydrogens (primary N) is 1. The lowest BCUT2D eigenvalue weighted by Crippen LogP contribution is -2.41. The number of nitrogens with zero attached hydrogens (tertiary/aromatic N) is 1. The Morgan fingerprint density at radius 2 is 2.20 bits per heavy atom. The number of carbonyl (C=O) groups is 1. The largest absolute Gasteiger partial charge is 0.468 e. The van der Waals surface area contributed by atoms with Gasteiger partial charge in [0.05, 0.1) is 12.1 Å². The number of hydrogen-bond acceptors (Lipinski definition) is 5. The van der Waals surface area contributed by atoms with Gasteiger partial charge in [0.25, 0.3) is 0 Å². The third-order valence-electron chi connectivity index (χ3n) is 3.22. The standard InChI is InChI=1S/C12H15ClN2O4S/c1-19-12(16)10-3-2-6-15(10)20(17,18)11-7-8(14)4-5-9(11)13/h4-5,7,10H,2-3,6,14H2,1H3. The van der Waals surface area contributed by atoms with Gasteiger partial charge in [-0.25, -0.2) is 8.42 Å². The molecule has 0 saturated carbocycles. The molecule has 1 aromatic rings. The SMILES string of the molecule is COC(=O)C1CCCN1S(=O)(=O)c1cc(N)ccc1Cl. The summed E-state index contributed by atoms with van der Waals surface area (Å²) in [4.78, 5) is 11.6. The quantitative estimate of drug-likeness (QED) is 0.669. The van der Waals surface area contributed by atoms with Crippen LogP contribution in [-0.2, 0) is 19.6 Å². The van der Waals surface area contributed by atoms with E-state index in [1.54, 1.807) is 0 Å². The van der Waals surface area contributed by atoms with Gasteiger partial charge in [-0.2, -0.15) is 4.31 Å². The monoisotopic (exact) mass is 318 g/mol. The maximum absolute atomic E-state index is 12.6. The first-order valence-electron chi connectivity index (χ1n) is 6.02. The van der Waals surface area contributed by atoms with E-state index in [0.717, 1.165) is 4.31 Å². The van der Waals surface area contributed by atoms with E-state index in [1.165, 1.54) is 25.3 Å². The summed E-state index contributed by atoms with van der Waals surface area (Å²) in [5.74, 6) is -0.564. The van der Waals surface area contributed by atoms with Crippen LogP contribution in [0.25, 0.3) is 0 Å². The Hall–Kier alpha value is -1.31. The molecule has 1 aliphatic heterocycles. The van der Waals surface area contributed by atoms with E-state index in [4.69, 9.17) is 17.3 Å². The van der Waals surface area contributed by atoms with Crippen LogP contribution in [0.4, 0.5) is 5.69 Å². The van der Waals surface area contributed by atoms with Crippen molar-refractivity contribution in [2.75, 3.05) is 19.4 Å². The molecule has 0 spiro atoms. The normalized spacial score (nSPS) is 20.0. The van der Waals surface area contributed by atoms with Crippen molar-refractivity contribution < 1.29 is 17.9 Å². The fourth-order valence-corrected chi connectivity index (χ4v) is 4.40. The molecule has 0 radical (unpaired) electrons. The highest BCUT2D eigenvalue weighted by Crippen LogP contribution is 2.31. The third kappa shape index (κ3) is 2.61. The van der Waals surface area contributed by atoms with Crippen LogP contribution in [0.5, 0.6) is 0 Å². The van der Waals surface area contributed by atoms with Gasteiger partial charge in [0.1, 0.15) is 10.9 Å². The summed E-state index contributed by atoms with van der Waals surface area (Å²) in [6.07, 6.45) is 1.03. The molecule has 2 rings (SSSR count). The van der Waals surface area contributed by atoms with Crippen LogP contribution in [0.15, 0.2) is 23.1 Å². The summed E-state index contributed by atoms with van der Waals surface area (Å²) in [5, 5.41) is 0.0784. The number of benzene rings is 1. The zero-order valence-corrected chi connectivity index (χ0v) is 12.4. The number of ether oxygens (including phenoxy) is 1. The molecule has 1 unspecified atom stereocenters. The first-order valence-corrected chi connectivity index (χ1v) is 7.84. The number of sulfonamides is 1. The summed E-state index contributed by atoms with van der Waals surface area (Å²) >= 11 is 5.94. The molecular weight excluding hydrogens is 304 g/mol. The Bertz CT molecular complexity index is 632. The van der Waals surface area contributed by atoms with Gasteiger partial charge in [-0.3, -0.25) is 4.79 Å². The Balaban J connectivity index is 2.44. The molecule has 20 heavy (non-hydrogen) atoms. The van der Waals surface area contributed by atoms with Crippen LogP contribution in [0.2, 0.25) is 5.02 Å². The van der Waals surface area contributed by atoms with Gasteiger partial charge in [-0.1, -0.05) is 11.6 Å². The van der Waals surface area contributed by atoms with Crippen LogP contribution >= 0.6 is 11.6 Å². The zero-order valence-electron chi connectivity index (χ0n) is 10.9. The predicted molar refractivity (Wildman–Crippen MR) is 74.8 cm³/mol. The summed E-state index contributed by atoms with van der Waals surface area (Å²) in [5.41, 5.74) is 5.90. The van der Waals surface area contributed by atoms with Crippen molar-refractivity contribution in [1.82, 2.24) is 4.31 Å². The Kier molecular flexibility index (Phi) is 4.22. The predicted octanol–water partition coefficient (Wildman–Crippen LogP) is 1.25. The summed E-state index contributed by atoms with van der Waals surface area (Å²) in [6.45, 7) is 0.257. The highest BCUT2D eigenvalue weighted by molar-refractivity contribution is 7.89. The Morgan fingerprint density at radius 1 is 1.50 bits per heavy atom. The fraction of sp³-hybridized carbons (Fsp3) is 0.417. The molecule has 1 heterocycles. The highest BCUT2D eigenvalue weighted by Gasteiger charge is 2.40. The molecule has 1 atom stereocenters. The molecule has 1 saturated heterocycles. The van der Waals surface area contributed by atoms with E-state index in [1.807, 2.05) is 0 Å². The van der Waals surface area contributed by atoms with Gasteiger partial charge in [0.2, 0.25) is 10.0 Å². The lowest BCUT2D eigenvalue weighted by Gasteiger charge is -2.22. The van der Waals surface area contributed by atoms with Crippen molar-refractivity contribution in [2.24, 2.45) is 0 Å². The van der Waals surface area contributed by atoms with Crippen molar-refractivity contribution in [3.8, 4) is 0 Å². The van der Waals surface area contributed by atoms with Crippen LogP contribution in [0.3, 0.4) is 0 Å². The second-order valence-electron chi connectivity index (χ2n) is 4.49. The average molecular weight is 319 g/mol. The molecule has 0 amide bonds. The molecule has 1 aromatic carbocycles. The van der Waals surface area contributed by atoms with E-state index in [9.17, 15) is 13.2 Å². The minimum Gasteiger partial charge on any atom is -0.468 e. The number of nitrogen functional groups attached to an aromatic ring is 1. The van der Waals surface area contributed by atoms with Gasteiger partial charge in [0.15, 0.2) is 0 Å². The Morgan fingerprint density at radius 3 is 2.85 bits per heavy atom. The smallest absolute Gasteiger partial charge is 0.324 e. The van der Waals surface area contributed by atoms with Crippen molar-refractivity contribution in [2.45, 2.75) is 23.8 Å². The van der Waals surface area contributed by atoms with Gasteiger partial charge in [-0.05, 0) is 31.0 Å². The van der Waals surface area contributed by atoms with Crippen LogP contribution in [0.1, 0.15) is 12.8 Å². The van der Waals surface area contributed by atoms with Gasteiger partial charge < -0.3 is 10.5 Å². The van der Waals surface area contributed by atoms with Gasteiger partial charge in [-0.15, -0.1) is 0 Å². The zero-order chi connectivity index (χ0) is 14.9. The molecule has 0 aliphatic carbocycles. The van der Waals surface area contributed by atoms with E-state index in [0.29, 0.717) is 18.5 Å². The number of methoxy groups -OCH3 is 1. The van der Waals surface area contributed by atoms with Crippen molar-refractivity contribution in [3.05, 3.63) is 23.2 Å². The maximum Gasteiger partial charge on any atom is 0.324 e. The number of anilines is 1. The number of esters is 1. The molecule has 110 valence electrons. The molecule has 0 bridgehead atoms. The average Bonchev–Trinajstić information content (AvgIpc) is 2.90. The number of hydrogen-bond donors (Lipinski definition) is 1. The highest BCUT2D eigenvalue weighted by atomic mass is 35.5. The molecule has 2 N–H and O–H groups in total. The van der Waals surface area contributed by atoms with E-state index in [2.05, 4.69) is 4.74 Å². The lowest BCUT2D eigenvalue weighted by molar-refractivity contribution is -0.144. The topological polar surface area (TPSA) is 89.7 Å². The third-order valence-corrected chi connectivity index (χ3v) is 5.61. The van der Waals surface area contributed by atoms with Crippen LogP contribution in [-0.4, -0.2) is 38.4 Å². The fourth-order valence-electron chi connectivity index (χ4n) is 2.24. The minimum absolute atomic E-state index is 0.0784. The second-order valence-corrected chi connectivity index (χ2v) is 6.75.